The summed E-state index contributed by atoms with van der Waals surface area (Å²) in [7, 11) is 0. The highest BCUT2D eigenvalue weighted by atomic mass is 79.9. The quantitative estimate of drug-likeness (QED) is 0.834. The van der Waals surface area contributed by atoms with Gasteiger partial charge in [0.1, 0.15) is 11.6 Å². The summed E-state index contributed by atoms with van der Waals surface area (Å²) in [5.41, 5.74) is -0.181. The summed E-state index contributed by atoms with van der Waals surface area (Å²) < 4.78 is 30.0. The molecule has 0 amide bonds. The fraction of sp³-hybridized carbons (Fsp3) is 0.273. The van der Waals surface area contributed by atoms with E-state index in [2.05, 4.69) is 26.1 Å². The minimum absolute atomic E-state index is 0.0475. The molecule has 0 saturated heterocycles. The van der Waals surface area contributed by atoms with Gasteiger partial charge in [0.25, 0.3) is 0 Å². The van der Waals surface area contributed by atoms with Gasteiger partial charge >= 0.3 is 0 Å². The standard InChI is InChI=1S/C11H10BrF2N3S/c1-5(2)17-10(15-16-11(17)18)9-7(13)3-6(12)4-8(9)14/h3-5H,1-2H3,(H,16,18). The van der Waals surface area contributed by atoms with Crippen molar-refractivity contribution in [2.75, 3.05) is 0 Å². The summed E-state index contributed by atoms with van der Waals surface area (Å²) in [5.74, 6) is -1.20. The van der Waals surface area contributed by atoms with Gasteiger partial charge in [-0.25, -0.2) is 8.78 Å². The Bertz CT molecular complexity index is 625. The number of aromatic nitrogens is 3. The highest BCUT2D eigenvalue weighted by molar-refractivity contribution is 9.10. The lowest BCUT2D eigenvalue weighted by Gasteiger charge is -2.11. The molecule has 1 aromatic heterocycles. The number of hydrogen-bond acceptors (Lipinski definition) is 2. The molecule has 0 radical (unpaired) electrons. The first kappa shape index (κ1) is 13.4. The molecule has 0 fully saturated rings. The van der Waals surface area contributed by atoms with Crippen molar-refractivity contribution in [3.63, 3.8) is 0 Å². The second kappa shape index (κ2) is 4.89. The lowest BCUT2D eigenvalue weighted by molar-refractivity contribution is 0.567. The topological polar surface area (TPSA) is 33.6 Å². The maximum absolute atomic E-state index is 13.9. The average molecular weight is 334 g/mol. The van der Waals surface area contributed by atoms with E-state index in [1.54, 1.807) is 4.57 Å². The molecule has 0 atom stereocenters. The molecule has 0 aliphatic rings. The zero-order valence-electron chi connectivity index (χ0n) is 9.67. The van der Waals surface area contributed by atoms with E-state index in [0.29, 0.717) is 9.24 Å². The Morgan fingerprint density at radius 2 is 1.89 bits per heavy atom. The third kappa shape index (κ3) is 2.24. The van der Waals surface area contributed by atoms with Crippen LogP contribution in [-0.4, -0.2) is 14.8 Å². The van der Waals surface area contributed by atoms with Gasteiger partial charge in [0.05, 0.1) is 5.56 Å². The second-order valence-electron chi connectivity index (χ2n) is 4.06. The molecular weight excluding hydrogens is 324 g/mol. The Balaban J connectivity index is 2.74. The molecule has 0 spiro atoms. The number of nitrogens with one attached hydrogen (secondary N) is 1. The van der Waals surface area contributed by atoms with Crippen molar-refractivity contribution < 1.29 is 8.78 Å². The Hall–Kier alpha value is -1.08. The first-order chi connectivity index (χ1) is 8.41. The van der Waals surface area contributed by atoms with E-state index in [1.165, 1.54) is 12.1 Å². The highest BCUT2D eigenvalue weighted by Gasteiger charge is 2.20. The SMILES string of the molecule is CC(C)n1c(-c2c(F)cc(Br)cc2F)n[nH]c1=S. The average Bonchev–Trinajstić information content (AvgIpc) is 2.58. The van der Waals surface area contributed by atoms with Crippen LogP contribution in [0.25, 0.3) is 11.4 Å². The lowest BCUT2D eigenvalue weighted by atomic mass is 10.1. The smallest absolute Gasteiger partial charge is 0.195 e. The number of hydrogen-bond donors (Lipinski definition) is 1. The molecule has 0 aliphatic heterocycles. The molecule has 18 heavy (non-hydrogen) atoms. The maximum Gasteiger partial charge on any atom is 0.195 e. The predicted molar refractivity (Wildman–Crippen MR) is 70.8 cm³/mol. The van der Waals surface area contributed by atoms with Crippen molar-refractivity contribution in [3.05, 3.63) is 33.0 Å². The minimum atomic E-state index is -0.683. The largest absolute Gasteiger partial charge is 0.297 e. The van der Waals surface area contributed by atoms with Gasteiger partial charge in [-0.3, -0.25) is 9.67 Å². The van der Waals surface area contributed by atoms with Gasteiger partial charge in [0.2, 0.25) is 0 Å². The van der Waals surface area contributed by atoms with Gasteiger partial charge < -0.3 is 0 Å². The summed E-state index contributed by atoms with van der Waals surface area (Å²) in [4.78, 5) is 0. The van der Waals surface area contributed by atoms with Gasteiger partial charge in [-0.2, -0.15) is 5.10 Å². The summed E-state index contributed by atoms with van der Waals surface area (Å²) in [5, 5.41) is 6.47. The van der Waals surface area contributed by atoms with E-state index in [9.17, 15) is 8.78 Å². The third-order valence-corrected chi connectivity index (χ3v) is 3.20. The van der Waals surface area contributed by atoms with Crippen LogP contribution in [0.4, 0.5) is 8.78 Å². The minimum Gasteiger partial charge on any atom is -0.297 e. The lowest BCUT2D eigenvalue weighted by Crippen LogP contribution is -2.05. The Morgan fingerprint density at radius 1 is 1.33 bits per heavy atom. The van der Waals surface area contributed by atoms with Gasteiger partial charge in [-0.05, 0) is 38.2 Å². The Morgan fingerprint density at radius 3 is 2.39 bits per heavy atom. The normalized spacial score (nSPS) is 11.2. The van der Waals surface area contributed by atoms with Gasteiger partial charge in [-0.1, -0.05) is 15.9 Å². The molecule has 0 aliphatic carbocycles. The molecule has 0 saturated carbocycles. The Kier molecular flexibility index (Phi) is 3.63. The molecule has 3 nitrogen and oxygen atoms in total. The van der Waals surface area contributed by atoms with E-state index in [1.807, 2.05) is 13.8 Å². The van der Waals surface area contributed by atoms with Crippen LogP contribution >= 0.6 is 28.1 Å². The van der Waals surface area contributed by atoms with Crippen LogP contribution in [0.2, 0.25) is 0 Å². The van der Waals surface area contributed by atoms with Crippen molar-refractivity contribution in [2.24, 2.45) is 0 Å². The third-order valence-electron chi connectivity index (χ3n) is 2.45. The number of aromatic amines is 1. The van der Waals surface area contributed by atoms with Crippen LogP contribution in [0.5, 0.6) is 0 Å². The number of H-pyrrole nitrogens is 1. The first-order valence-corrected chi connectivity index (χ1v) is 6.43. The molecule has 1 N–H and O–H groups in total. The van der Waals surface area contributed by atoms with Gasteiger partial charge in [0, 0.05) is 10.5 Å². The van der Waals surface area contributed by atoms with E-state index in [0.717, 1.165) is 0 Å². The van der Waals surface area contributed by atoms with Crippen molar-refractivity contribution in [1.82, 2.24) is 14.8 Å². The first-order valence-electron chi connectivity index (χ1n) is 5.23. The molecule has 1 aromatic carbocycles. The van der Waals surface area contributed by atoms with E-state index in [-0.39, 0.29) is 17.4 Å². The number of benzene rings is 1. The van der Waals surface area contributed by atoms with Crippen molar-refractivity contribution in [2.45, 2.75) is 19.9 Å². The predicted octanol–water partition coefficient (Wildman–Crippen LogP) is 4.23. The maximum atomic E-state index is 13.9. The van der Waals surface area contributed by atoms with Crippen molar-refractivity contribution in [3.8, 4) is 11.4 Å². The molecule has 0 bridgehead atoms. The number of halogens is 3. The molecule has 2 rings (SSSR count). The molecule has 0 unspecified atom stereocenters. The second-order valence-corrected chi connectivity index (χ2v) is 5.36. The van der Waals surface area contributed by atoms with Crippen molar-refractivity contribution >= 4 is 28.1 Å². The molecule has 7 heteroatoms. The fourth-order valence-electron chi connectivity index (χ4n) is 1.72. The van der Waals surface area contributed by atoms with Crippen LogP contribution in [0.1, 0.15) is 19.9 Å². The molecular formula is C11H10BrF2N3S. The number of rotatable bonds is 2. The van der Waals surface area contributed by atoms with Crippen LogP contribution in [0.3, 0.4) is 0 Å². The van der Waals surface area contributed by atoms with Gasteiger partial charge in [0.15, 0.2) is 10.6 Å². The Labute approximate surface area is 116 Å². The number of nitrogens with zero attached hydrogens (tertiary/aromatic N) is 2. The summed E-state index contributed by atoms with van der Waals surface area (Å²) in [6, 6.07) is 2.34. The molecule has 1 heterocycles. The summed E-state index contributed by atoms with van der Waals surface area (Å²) in [6.45, 7) is 3.73. The fourth-order valence-corrected chi connectivity index (χ4v) is 2.46. The van der Waals surface area contributed by atoms with E-state index < -0.39 is 11.6 Å². The van der Waals surface area contributed by atoms with Crippen LogP contribution in [0.15, 0.2) is 16.6 Å². The molecule has 2 aromatic rings. The zero-order chi connectivity index (χ0) is 13.4. The van der Waals surface area contributed by atoms with Crippen LogP contribution in [-0.2, 0) is 0 Å². The van der Waals surface area contributed by atoms with Crippen LogP contribution < -0.4 is 0 Å². The molecule has 96 valence electrons. The van der Waals surface area contributed by atoms with E-state index >= 15 is 0 Å². The monoisotopic (exact) mass is 333 g/mol. The zero-order valence-corrected chi connectivity index (χ0v) is 12.1. The van der Waals surface area contributed by atoms with Crippen molar-refractivity contribution in [1.29, 1.82) is 0 Å². The van der Waals surface area contributed by atoms with Gasteiger partial charge in [-0.15, -0.1) is 0 Å². The summed E-state index contributed by atoms with van der Waals surface area (Å²) in [6.07, 6.45) is 0. The highest BCUT2D eigenvalue weighted by Crippen LogP contribution is 2.29. The van der Waals surface area contributed by atoms with E-state index in [4.69, 9.17) is 12.2 Å². The van der Waals surface area contributed by atoms with Crippen LogP contribution in [0, 0.1) is 16.4 Å². The summed E-state index contributed by atoms with van der Waals surface area (Å²) >= 11 is 8.09.